The van der Waals surface area contributed by atoms with Gasteiger partial charge in [-0.3, -0.25) is 4.90 Å². The lowest BCUT2D eigenvalue weighted by Crippen LogP contribution is -2.41. The van der Waals surface area contributed by atoms with Gasteiger partial charge in [0.25, 0.3) is 0 Å². The quantitative estimate of drug-likeness (QED) is 0.741. The zero-order valence-electron chi connectivity index (χ0n) is 10.6. The molecule has 3 N–H and O–H groups in total. The maximum absolute atomic E-state index is 12.0. The van der Waals surface area contributed by atoms with Crippen molar-refractivity contribution in [1.29, 1.82) is 0 Å². The number of morpholine rings is 1. The average Bonchev–Trinajstić information content (AvgIpc) is 2.40. The van der Waals surface area contributed by atoms with Gasteiger partial charge in [0.15, 0.2) is 0 Å². The summed E-state index contributed by atoms with van der Waals surface area (Å²) in [4.78, 5) is 6.07. The minimum atomic E-state index is -3.51. The van der Waals surface area contributed by atoms with Crippen molar-refractivity contribution in [2.45, 2.75) is 4.90 Å². The normalized spacial score (nSPS) is 17.5. The second-order valence-electron chi connectivity index (χ2n) is 4.27. The third-order valence-electron chi connectivity index (χ3n) is 2.89. The van der Waals surface area contributed by atoms with Crippen molar-refractivity contribution >= 4 is 15.8 Å². The van der Waals surface area contributed by atoms with Crippen LogP contribution in [0.25, 0.3) is 0 Å². The van der Waals surface area contributed by atoms with Gasteiger partial charge in [-0.25, -0.2) is 18.1 Å². The first-order valence-electron chi connectivity index (χ1n) is 6.09. The van der Waals surface area contributed by atoms with Gasteiger partial charge in [-0.2, -0.15) is 0 Å². The van der Waals surface area contributed by atoms with Crippen LogP contribution < -0.4 is 10.5 Å². The van der Waals surface area contributed by atoms with Crippen LogP contribution in [-0.2, 0) is 14.8 Å². The van der Waals surface area contributed by atoms with E-state index in [1.54, 1.807) is 0 Å². The summed E-state index contributed by atoms with van der Waals surface area (Å²) in [6.07, 6.45) is 1.38. The van der Waals surface area contributed by atoms with Gasteiger partial charge in [0.05, 0.1) is 18.1 Å². The van der Waals surface area contributed by atoms with E-state index in [-0.39, 0.29) is 10.7 Å². The van der Waals surface area contributed by atoms with Crippen molar-refractivity contribution < 1.29 is 13.2 Å². The number of sulfonamides is 1. The molecule has 0 aliphatic carbocycles. The monoisotopic (exact) mass is 286 g/mol. The van der Waals surface area contributed by atoms with E-state index in [9.17, 15) is 8.42 Å². The van der Waals surface area contributed by atoms with Crippen LogP contribution in [0.5, 0.6) is 0 Å². The molecule has 7 nitrogen and oxygen atoms in total. The standard InChI is InChI=1S/C11H18N4O3S/c12-11-9-10(1-2-13-11)19(16,17)14-3-4-15-5-7-18-8-6-15/h1-2,9,14H,3-8H2,(H2,12,13). The average molecular weight is 286 g/mol. The van der Waals surface area contributed by atoms with Crippen LogP contribution in [0.4, 0.5) is 5.82 Å². The van der Waals surface area contributed by atoms with Gasteiger partial charge < -0.3 is 10.5 Å². The molecule has 0 spiro atoms. The van der Waals surface area contributed by atoms with Gasteiger partial charge in [-0.15, -0.1) is 0 Å². The van der Waals surface area contributed by atoms with E-state index in [1.807, 2.05) is 0 Å². The van der Waals surface area contributed by atoms with Crippen molar-refractivity contribution in [3.05, 3.63) is 18.3 Å². The highest BCUT2D eigenvalue weighted by molar-refractivity contribution is 7.89. The molecule has 19 heavy (non-hydrogen) atoms. The van der Waals surface area contributed by atoms with Crippen LogP contribution in [0.2, 0.25) is 0 Å². The highest BCUT2D eigenvalue weighted by Gasteiger charge is 2.15. The fourth-order valence-electron chi connectivity index (χ4n) is 1.84. The lowest BCUT2D eigenvalue weighted by Gasteiger charge is -2.26. The Morgan fingerprint density at radius 2 is 2.16 bits per heavy atom. The Morgan fingerprint density at radius 1 is 1.42 bits per heavy atom. The summed E-state index contributed by atoms with van der Waals surface area (Å²) < 4.78 is 31.8. The first kappa shape index (κ1) is 14.2. The number of nitrogens with one attached hydrogen (secondary N) is 1. The number of ether oxygens (including phenoxy) is 1. The largest absolute Gasteiger partial charge is 0.384 e. The molecule has 1 aliphatic rings. The summed E-state index contributed by atoms with van der Waals surface area (Å²) in [5.41, 5.74) is 5.48. The van der Waals surface area contributed by atoms with E-state index in [0.717, 1.165) is 13.1 Å². The first-order valence-corrected chi connectivity index (χ1v) is 7.57. The van der Waals surface area contributed by atoms with Crippen LogP contribution in [0.15, 0.2) is 23.2 Å². The third-order valence-corrected chi connectivity index (χ3v) is 4.35. The molecule has 0 bridgehead atoms. The molecule has 2 heterocycles. The van der Waals surface area contributed by atoms with Gasteiger partial charge >= 0.3 is 0 Å². The maximum atomic E-state index is 12.0. The Balaban J connectivity index is 1.87. The Bertz CT molecular complexity index is 514. The molecule has 1 fully saturated rings. The van der Waals surface area contributed by atoms with Gasteiger partial charge in [-0.1, -0.05) is 0 Å². The van der Waals surface area contributed by atoms with Crippen LogP contribution in [0, 0.1) is 0 Å². The molecule has 0 saturated carbocycles. The summed E-state index contributed by atoms with van der Waals surface area (Å²) in [5.74, 6) is 0.191. The van der Waals surface area contributed by atoms with E-state index in [2.05, 4.69) is 14.6 Å². The van der Waals surface area contributed by atoms with Crippen molar-refractivity contribution in [3.8, 4) is 0 Å². The number of rotatable bonds is 5. The lowest BCUT2D eigenvalue weighted by atomic mass is 10.4. The number of pyridine rings is 1. The molecule has 2 rings (SSSR count). The predicted octanol–water partition coefficient (Wildman–Crippen LogP) is -0.726. The molecule has 106 valence electrons. The third kappa shape index (κ3) is 4.13. The molecule has 8 heteroatoms. The number of hydrogen-bond acceptors (Lipinski definition) is 6. The fraction of sp³-hybridized carbons (Fsp3) is 0.545. The van der Waals surface area contributed by atoms with E-state index in [1.165, 1.54) is 18.3 Å². The van der Waals surface area contributed by atoms with Crippen molar-refractivity contribution in [1.82, 2.24) is 14.6 Å². The number of aromatic nitrogens is 1. The second-order valence-corrected chi connectivity index (χ2v) is 6.04. The molecular formula is C11H18N4O3S. The van der Waals surface area contributed by atoms with E-state index in [0.29, 0.717) is 26.3 Å². The summed E-state index contributed by atoms with van der Waals surface area (Å²) in [7, 11) is -3.51. The summed E-state index contributed by atoms with van der Waals surface area (Å²) >= 11 is 0. The van der Waals surface area contributed by atoms with Gasteiger partial charge in [0.1, 0.15) is 5.82 Å². The summed E-state index contributed by atoms with van der Waals surface area (Å²) in [6, 6.07) is 2.77. The molecule has 1 saturated heterocycles. The summed E-state index contributed by atoms with van der Waals surface area (Å²) in [5, 5.41) is 0. The minimum absolute atomic E-state index is 0.141. The fourth-order valence-corrected chi connectivity index (χ4v) is 2.88. The van der Waals surface area contributed by atoms with Crippen molar-refractivity contribution in [2.24, 2.45) is 0 Å². The number of nitrogen functional groups attached to an aromatic ring is 1. The molecule has 0 atom stereocenters. The van der Waals surface area contributed by atoms with Crippen LogP contribution in [-0.4, -0.2) is 57.7 Å². The Kier molecular flexibility index (Phi) is 4.70. The van der Waals surface area contributed by atoms with E-state index >= 15 is 0 Å². The molecule has 0 aromatic carbocycles. The minimum Gasteiger partial charge on any atom is -0.384 e. The number of nitrogens with zero attached hydrogens (tertiary/aromatic N) is 2. The maximum Gasteiger partial charge on any atom is 0.240 e. The smallest absolute Gasteiger partial charge is 0.240 e. The van der Waals surface area contributed by atoms with Crippen LogP contribution in [0.1, 0.15) is 0 Å². The second kappa shape index (κ2) is 6.29. The molecule has 0 unspecified atom stereocenters. The highest BCUT2D eigenvalue weighted by atomic mass is 32.2. The Labute approximate surface area is 112 Å². The number of nitrogens with two attached hydrogens (primary N) is 1. The predicted molar refractivity (Wildman–Crippen MR) is 71.1 cm³/mol. The Morgan fingerprint density at radius 3 is 2.84 bits per heavy atom. The Hall–Kier alpha value is -1.22. The SMILES string of the molecule is Nc1cc(S(=O)(=O)NCCN2CCOCC2)ccn1. The molecule has 1 aromatic heterocycles. The molecule has 1 aliphatic heterocycles. The van der Waals surface area contributed by atoms with Crippen molar-refractivity contribution in [2.75, 3.05) is 45.1 Å². The first-order chi connectivity index (χ1) is 9.08. The molecule has 0 amide bonds. The molecule has 1 aromatic rings. The molecule has 0 radical (unpaired) electrons. The van der Waals surface area contributed by atoms with Gasteiger partial charge in [0.2, 0.25) is 10.0 Å². The summed E-state index contributed by atoms with van der Waals surface area (Å²) in [6.45, 7) is 4.11. The van der Waals surface area contributed by atoms with Gasteiger partial charge in [-0.05, 0) is 6.07 Å². The van der Waals surface area contributed by atoms with Crippen molar-refractivity contribution in [3.63, 3.8) is 0 Å². The molecular weight excluding hydrogens is 268 g/mol. The highest BCUT2D eigenvalue weighted by Crippen LogP contribution is 2.09. The number of hydrogen-bond donors (Lipinski definition) is 2. The van der Waals surface area contributed by atoms with E-state index in [4.69, 9.17) is 10.5 Å². The van der Waals surface area contributed by atoms with E-state index < -0.39 is 10.0 Å². The van der Waals surface area contributed by atoms with Crippen LogP contribution >= 0.6 is 0 Å². The van der Waals surface area contributed by atoms with Gasteiger partial charge in [0, 0.05) is 38.4 Å². The number of anilines is 1. The zero-order chi connectivity index (χ0) is 13.7. The zero-order valence-corrected chi connectivity index (χ0v) is 11.4. The topological polar surface area (TPSA) is 97.5 Å². The lowest BCUT2D eigenvalue weighted by molar-refractivity contribution is 0.0390. The van der Waals surface area contributed by atoms with Crippen LogP contribution in [0.3, 0.4) is 0 Å².